The second-order valence-corrected chi connectivity index (χ2v) is 3.05. The zero-order chi connectivity index (χ0) is 10.0. The van der Waals surface area contributed by atoms with Gasteiger partial charge in [-0.2, -0.15) is 0 Å². The van der Waals surface area contributed by atoms with Crippen molar-refractivity contribution in [3.05, 3.63) is 29.6 Å². The summed E-state index contributed by atoms with van der Waals surface area (Å²) < 4.78 is 12.9. The van der Waals surface area contributed by atoms with Gasteiger partial charge in [0, 0.05) is 0 Å². The van der Waals surface area contributed by atoms with Gasteiger partial charge in [-0.1, -0.05) is 6.07 Å². The Bertz CT molecular complexity index is 302. The van der Waals surface area contributed by atoms with E-state index >= 15 is 0 Å². The summed E-state index contributed by atoms with van der Waals surface area (Å²) in [7, 11) is 0. The number of hydrogen-bond donors (Lipinski definition) is 3. The van der Waals surface area contributed by atoms with Gasteiger partial charge >= 0.3 is 0 Å². The maximum atomic E-state index is 12.9. The van der Waals surface area contributed by atoms with E-state index in [0.29, 0.717) is 5.56 Å². The van der Waals surface area contributed by atoms with Gasteiger partial charge in [-0.3, -0.25) is 0 Å². The Hall–Kier alpha value is -1.13. The molecular formula is C9H13FN2O. The van der Waals surface area contributed by atoms with Gasteiger partial charge in [0.15, 0.2) is 0 Å². The molecule has 3 nitrogen and oxygen atoms in total. The standard InChI is InChI=1S/C9H13FN2O/c1-5(13)9(12)6-2-3-8(11)7(10)4-6/h2-5,9,13H,11-12H2,1H3/t5-,9-/m1/s1. The average molecular weight is 184 g/mol. The number of benzene rings is 1. The van der Waals surface area contributed by atoms with Crippen molar-refractivity contribution in [2.24, 2.45) is 5.73 Å². The van der Waals surface area contributed by atoms with E-state index in [4.69, 9.17) is 16.6 Å². The highest BCUT2D eigenvalue weighted by Gasteiger charge is 2.12. The molecule has 0 saturated heterocycles. The Balaban J connectivity index is 2.97. The highest BCUT2D eigenvalue weighted by molar-refractivity contribution is 5.42. The van der Waals surface area contributed by atoms with E-state index in [0.717, 1.165) is 0 Å². The topological polar surface area (TPSA) is 72.3 Å². The Morgan fingerprint density at radius 3 is 2.54 bits per heavy atom. The first-order valence-electron chi connectivity index (χ1n) is 4.01. The molecule has 1 rings (SSSR count). The summed E-state index contributed by atoms with van der Waals surface area (Å²) in [6.45, 7) is 1.55. The van der Waals surface area contributed by atoms with Crippen LogP contribution in [-0.2, 0) is 0 Å². The Morgan fingerprint density at radius 2 is 2.08 bits per heavy atom. The van der Waals surface area contributed by atoms with Gasteiger partial charge in [0.2, 0.25) is 0 Å². The molecule has 5 N–H and O–H groups in total. The maximum Gasteiger partial charge on any atom is 0.146 e. The first-order valence-corrected chi connectivity index (χ1v) is 4.01. The van der Waals surface area contributed by atoms with E-state index < -0.39 is 18.0 Å². The van der Waals surface area contributed by atoms with Crippen molar-refractivity contribution < 1.29 is 9.50 Å². The van der Waals surface area contributed by atoms with Gasteiger partial charge in [0.25, 0.3) is 0 Å². The van der Waals surface area contributed by atoms with E-state index in [1.54, 1.807) is 13.0 Å². The summed E-state index contributed by atoms with van der Waals surface area (Å²) in [5.41, 5.74) is 11.5. The van der Waals surface area contributed by atoms with Gasteiger partial charge in [0.1, 0.15) is 5.82 Å². The summed E-state index contributed by atoms with van der Waals surface area (Å²) >= 11 is 0. The summed E-state index contributed by atoms with van der Waals surface area (Å²) in [5.74, 6) is -0.506. The van der Waals surface area contributed by atoms with Crippen LogP contribution in [-0.4, -0.2) is 11.2 Å². The van der Waals surface area contributed by atoms with Crippen molar-refractivity contribution in [2.45, 2.75) is 19.1 Å². The number of anilines is 1. The minimum absolute atomic E-state index is 0.0848. The fourth-order valence-corrected chi connectivity index (χ4v) is 1.03. The zero-order valence-corrected chi connectivity index (χ0v) is 7.37. The summed E-state index contributed by atoms with van der Waals surface area (Å²) in [5, 5.41) is 9.16. The lowest BCUT2D eigenvalue weighted by Gasteiger charge is -2.15. The van der Waals surface area contributed by atoms with Crippen LogP contribution < -0.4 is 11.5 Å². The highest BCUT2D eigenvalue weighted by atomic mass is 19.1. The minimum atomic E-state index is -0.706. The number of nitrogens with two attached hydrogens (primary N) is 2. The monoisotopic (exact) mass is 184 g/mol. The molecule has 0 unspecified atom stereocenters. The van der Waals surface area contributed by atoms with Crippen LogP contribution in [0.25, 0.3) is 0 Å². The van der Waals surface area contributed by atoms with E-state index in [2.05, 4.69) is 0 Å². The second kappa shape index (κ2) is 3.72. The van der Waals surface area contributed by atoms with Gasteiger partial charge in [-0.25, -0.2) is 4.39 Å². The molecule has 0 aliphatic heterocycles. The molecule has 0 aliphatic carbocycles. The lowest BCUT2D eigenvalue weighted by atomic mass is 10.0. The summed E-state index contributed by atoms with van der Waals surface area (Å²) in [4.78, 5) is 0. The molecule has 0 heterocycles. The molecule has 0 radical (unpaired) electrons. The SMILES string of the molecule is C[C@@H](O)[C@@H](N)c1ccc(N)c(F)c1. The van der Waals surface area contributed by atoms with Gasteiger partial charge in [-0.15, -0.1) is 0 Å². The van der Waals surface area contributed by atoms with Crippen LogP contribution in [0.3, 0.4) is 0 Å². The number of aliphatic hydroxyl groups is 1. The normalized spacial score (nSPS) is 15.4. The molecule has 0 fully saturated rings. The third-order valence-corrected chi connectivity index (χ3v) is 1.93. The molecule has 72 valence electrons. The molecule has 2 atom stereocenters. The number of rotatable bonds is 2. The molecule has 13 heavy (non-hydrogen) atoms. The van der Waals surface area contributed by atoms with Crippen molar-refractivity contribution in [2.75, 3.05) is 5.73 Å². The predicted octanol–water partition coefficient (Wildman–Crippen LogP) is 0.789. The molecule has 1 aromatic carbocycles. The van der Waals surface area contributed by atoms with Gasteiger partial charge < -0.3 is 16.6 Å². The first kappa shape index (κ1) is 9.95. The smallest absolute Gasteiger partial charge is 0.146 e. The number of nitrogen functional groups attached to an aromatic ring is 1. The number of aliphatic hydroxyl groups excluding tert-OH is 1. The molecule has 0 aliphatic rings. The largest absolute Gasteiger partial charge is 0.396 e. The third-order valence-electron chi connectivity index (χ3n) is 1.93. The quantitative estimate of drug-likeness (QED) is 0.595. The van der Waals surface area contributed by atoms with E-state index in [1.807, 2.05) is 0 Å². The van der Waals surface area contributed by atoms with E-state index in [9.17, 15) is 4.39 Å². The molecule has 4 heteroatoms. The molecule has 0 aromatic heterocycles. The third kappa shape index (κ3) is 2.17. The van der Waals surface area contributed by atoms with Crippen molar-refractivity contribution in [1.82, 2.24) is 0 Å². The van der Waals surface area contributed by atoms with Crippen LogP contribution >= 0.6 is 0 Å². The van der Waals surface area contributed by atoms with Crippen molar-refractivity contribution in [3.63, 3.8) is 0 Å². The van der Waals surface area contributed by atoms with Gasteiger partial charge in [-0.05, 0) is 24.6 Å². The zero-order valence-electron chi connectivity index (χ0n) is 7.37. The average Bonchev–Trinajstić information content (AvgIpc) is 2.08. The van der Waals surface area contributed by atoms with Crippen LogP contribution in [0.5, 0.6) is 0 Å². The van der Waals surface area contributed by atoms with Crippen molar-refractivity contribution in [3.8, 4) is 0 Å². The fourth-order valence-electron chi connectivity index (χ4n) is 1.03. The first-order chi connectivity index (χ1) is 6.02. The Labute approximate surface area is 76.2 Å². The van der Waals surface area contributed by atoms with E-state index in [1.165, 1.54) is 12.1 Å². The molecule has 0 spiro atoms. The minimum Gasteiger partial charge on any atom is -0.396 e. The predicted molar refractivity (Wildman–Crippen MR) is 49.4 cm³/mol. The van der Waals surface area contributed by atoms with Crippen LogP contribution in [0, 0.1) is 5.82 Å². The molecule has 0 bridgehead atoms. The molecular weight excluding hydrogens is 171 g/mol. The number of hydrogen-bond acceptors (Lipinski definition) is 3. The summed E-state index contributed by atoms with van der Waals surface area (Å²) in [6, 6.07) is 3.71. The highest BCUT2D eigenvalue weighted by Crippen LogP contribution is 2.18. The molecule has 1 aromatic rings. The maximum absolute atomic E-state index is 12.9. The molecule has 0 amide bonds. The van der Waals surface area contributed by atoms with E-state index in [-0.39, 0.29) is 5.69 Å². The van der Waals surface area contributed by atoms with Crippen molar-refractivity contribution >= 4 is 5.69 Å². The van der Waals surface area contributed by atoms with Crippen molar-refractivity contribution in [1.29, 1.82) is 0 Å². The van der Waals surface area contributed by atoms with Crippen LogP contribution in [0.1, 0.15) is 18.5 Å². The number of halogens is 1. The lowest BCUT2D eigenvalue weighted by Crippen LogP contribution is -2.23. The lowest BCUT2D eigenvalue weighted by molar-refractivity contribution is 0.164. The fraction of sp³-hybridized carbons (Fsp3) is 0.333. The van der Waals surface area contributed by atoms with Crippen LogP contribution in [0.15, 0.2) is 18.2 Å². The molecule has 0 saturated carbocycles. The van der Waals surface area contributed by atoms with Gasteiger partial charge in [0.05, 0.1) is 17.8 Å². The van der Waals surface area contributed by atoms with Crippen LogP contribution in [0.4, 0.5) is 10.1 Å². The van der Waals surface area contributed by atoms with Crippen LogP contribution in [0.2, 0.25) is 0 Å². The second-order valence-electron chi connectivity index (χ2n) is 3.05. The Morgan fingerprint density at radius 1 is 1.46 bits per heavy atom. The summed E-state index contributed by atoms with van der Waals surface area (Å²) in [6.07, 6.45) is -0.706. The Kier molecular flexibility index (Phi) is 2.85.